The minimum absolute atomic E-state index is 0.0370. The quantitative estimate of drug-likeness (QED) is 0.464. The maximum absolute atomic E-state index is 11.5. The van der Waals surface area contributed by atoms with Crippen molar-refractivity contribution in [1.82, 2.24) is 0 Å². The number of nitro groups is 1. The lowest BCUT2D eigenvalue weighted by Gasteiger charge is -2.13. The number of ketones is 1. The molecule has 1 saturated heterocycles. The first-order chi connectivity index (χ1) is 9.08. The highest BCUT2D eigenvalue weighted by molar-refractivity contribution is 5.97. The first kappa shape index (κ1) is 13.5. The Morgan fingerprint density at radius 1 is 1.58 bits per heavy atom. The number of hydrogen-bond acceptors (Lipinski definition) is 5. The molecular weight excluding hydrogens is 250 g/mol. The molecule has 1 unspecified atom stereocenters. The number of hydrogen-bond donors (Lipinski definition) is 0. The first-order valence-corrected chi connectivity index (χ1v) is 6.11. The molecule has 2 rings (SSSR count). The largest absolute Gasteiger partial charge is 0.490 e. The maximum Gasteiger partial charge on any atom is 0.270 e. The molecule has 1 aliphatic rings. The average molecular weight is 265 g/mol. The molecule has 1 aromatic rings. The average Bonchev–Trinajstić information content (AvgIpc) is 2.89. The molecular formula is C13H15NO5. The van der Waals surface area contributed by atoms with Gasteiger partial charge >= 0.3 is 0 Å². The van der Waals surface area contributed by atoms with Gasteiger partial charge in [0.25, 0.3) is 5.69 Å². The Morgan fingerprint density at radius 2 is 2.37 bits per heavy atom. The van der Waals surface area contributed by atoms with Crippen LogP contribution in [0.15, 0.2) is 18.2 Å². The second-order valence-corrected chi connectivity index (χ2v) is 4.44. The van der Waals surface area contributed by atoms with Gasteiger partial charge in [0.05, 0.1) is 16.6 Å². The van der Waals surface area contributed by atoms with Gasteiger partial charge in [-0.3, -0.25) is 14.9 Å². The topological polar surface area (TPSA) is 78.7 Å². The Balaban J connectivity index is 2.14. The molecule has 1 fully saturated rings. The number of ether oxygens (including phenoxy) is 2. The minimum Gasteiger partial charge on any atom is -0.490 e. The predicted molar refractivity (Wildman–Crippen MR) is 67.6 cm³/mol. The zero-order valence-corrected chi connectivity index (χ0v) is 10.6. The van der Waals surface area contributed by atoms with E-state index in [1.54, 1.807) is 0 Å². The third-order valence-corrected chi connectivity index (χ3v) is 3.00. The zero-order chi connectivity index (χ0) is 13.8. The Morgan fingerprint density at radius 3 is 2.95 bits per heavy atom. The molecule has 6 nitrogen and oxygen atoms in total. The van der Waals surface area contributed by atoms with Gasteiger partial charge < -0.3 is 9.47 Å². The Kier molecular flexibility index (Phi) is 4.11. The predicted octanol–water partition coefficient (Wildman–Crippen LogP) is 2.36. The second-order valence-electron chi connectivity index (χ2n) is 4.44. The highest BCUT2D eigenvalue weighted by Gasteiger charge is 2.19. The molecule has 6 heteroatoms. The van der Waals surface area contributed by atoms with Gasteiger partial charge in [-0.15, -0.1) is 0 Å². The van der Waals surface area contributed by atoms with Crippen LogP contribution in [0, 0.1) is 10.1 Å². The van der Waals surface area contributed by atoms with Crippen molar-refractivity contribution in [3.05, 3.63) is 33.9 Å². The Labute approximate surface area is 110 Å². The van der Waals surface area contributed by atoms with Crippen LogP contribution in [0.5, 0.6) is 5.75 Å². The van der Waals surface area contributed by atoms with Gasteiger partial charge in [-0.05, 0) is 25.8 Å². The summed E-state index contributed by atoms with van der Waals surface area (Å²) in [5.41, 5.74) is 0.113. The molecule has 1 atom stereocenters. The molecule has 1 heterocycles. The van der Waals surface area contributed by atoms with Crippen molar-refractivity contribution in [2.24, 2.45) is 0 Å². The fraction of sp³-hybridized carbons (Fsp3) is 0.462. The van der Waals surface area contributed by atoms with E-state index in [1.807, 2.05) is 0 Å². The minimum atomic E-state index is -0.531. The van der Waals surface area contributed by atoms with Gasteiger partial charge in [-0.25, -0.2) is 0 Å². The standard InChI is InChI=1S/C13H15NO5/c1-9(15)12-7-10(14(16)17)4-5-13(12)19-8-11-3-2-6-18-11/h4-5,7,11H,2-3,6,8H2,1H3. The lowest BCUT2D eigenvalue weighted by Crippen LogP contribution is -2.17. The van der Waals surface area contributed by atoms with E-state index in [4.69, 9.17) is 9.47 Å². The molecule has 0 spiro atoms. The number of non-ortho nitro benzene ring substituents is 1. The van der Waals surface area contributed by atoms with Gasteiger partial charge in [-0.1, -0.05) is 0 Å². The van der Waals surface area contributed by atoms with E-state index in [0.717, 1.165) is 19.4 Å². The fourth-order valence-electron chi connectivity index (χ4n) is 1.99. The number of benzene rings is 1. The normalized spacial score (nSPS) is 18.3. The molecule has 102 valence electrons. The number of Topliss-reactive ketones (excluding diaryl/α,β-unsaturated/α-hetero) is 1. The fourth-order valence-corrected chi connectivity index (χ4v) is 1.99. The summed E-state index contributed by atoms with van der Waals surface area (Å²) in [6, 6.07) is 4.04. The lowest BCUT2D eigenvalue weighted by molar-refractivity contribution is -0.384. The highest BCUT2D eigenvalue weighted by atomic mass is 16.6. The number of nitrogens with zero attached hydrogens (tertiary/aromatic N) is 1. The monoisotopic (exact) mass is 265 g/mol. The number of nitro benzene ring substituents is 1. The van der Waals surface area contributed by atoms with Gasteiger partial charge in [0.2, 0.25) is 0 Å². The summed E-state index contributed by atoms with van der Waals surface area (Å²) in [6.07, 6.45) is 1.98. The SMILES string of the molecule is CC(=O)c1cc([N+](=O)[O-])ccc1OCC1CCCO1. The molecule has 0 aliphatic carbocycles. The molecule has 0 saturated carbocycles. The van der Waals surface area contributed by atoms with E-state index >= 15 is 0 Å². The van der Waals surface area contributed by atoms with E-state index in [9.17, 15) is 14.9 Å². The van der Waals surface area contributed by atoms with Crippen molar-refractivity contribution in [2.45, 2.75) is 25.9 Å². The molecule has 1 aromatic carbocycles. The molecule has 0 bridgehead atoms. The molecule has 0 radical (unpaired) electrons. The van der Waals surface area contributed by atoms with E-state index in [1.165, 1.54) is 25.1 Å². The van der Waals surface area contributed by atoms with E-state index in [2.05, 4.69) is 0 Å². The second kappa shape index (κ2) is 5.79. The van der Waals surface area contributed by atoms with Gasteiger partial charge in [0.15, 0.2) is 5.78 Å². The first-order valence-electron chi connectivity index (χ1n) is 6.11. The zero-order valence-electron chi connectivity index (χ0n) is 10.6. The summed E-state index contributed by atoms with van der Waals surface area (Å²) in [7, 11) is 0. The third kappa shape index (κ3) is 3.29. The van der Waals surface area contributed by atoms with Crippen LogP contribution in [-0.4, -0.2) is 30.0 Å². The summed E-state index contributed by atoms with van der Waals surface area (Å²) in [5.74, 6) is 0.111. The van der Waals surface area contributed by atoms with Crippen LogP contribution < -0.4 is 4.74 Å². The summed E-state index contributed by atoms with van der Waals surface area (Å²) in [5, 5.41) is 10.7. The van der Waals surface area contributed by atoms with E-state index < -0.39 is 4.92 Å². The third-order valence-electron chi connectivity index (χ3n) is 3.00. The molecule has 0 amide bonds. The van der Waals surface area contributed by atoms with Crippen molar-refractivity contribution in [3.63, 3.8) is 0 Å². The Hall–Kier alpha value is -1.95. The van der Waals surface area contributed by atoms with Gasteiger partial charge in [-0.2, -0.15) is 0 Å². The van der Waals surface area contributed by atoms with Crippen LogP contribution >= 0.6 is 0 Å². The smallest absolute Gasteiger partial charge is 0.270 e. The van der Waals surface area contributed by atoms with Crippen molar-refractivity contribution < 1.29 is 19.2 Å². The van der Waals surface area contributed by atoms with E-state index in [0.29, 0.717) is 12.4 Å². The van der Waals surface area contributed by atoms with Crippen molar-refractivity contribution in [1.29, 1.82) is 0 Å². The summed E-state index contributed by atoms with van der Waals surface area (Å²) >= 11 is 0. The van der Waals surface area contributed by atoms with Crippen molar-refractivity contribution >= 4 is 11.5 Å². The van der Waals surface area contributed by atoms with Gasteiger partial charge in [0.1, 0.15) is 12.4 Å². The Bertz CT molecular complexity index is 494. The molecule has 1 aliphatic heterocycles. The number of carbonyl (C=O) groups is 1. The van der Waals surface area contributed by atoms with Gasteiger partial charge in [0, 0.05) is 18.7 Å². The highest BCUT2D eigenvalue weighted by Crippen LogP contribution is 2.25. The number of carbonyl (C=O) groups excluding carboxylic acids is 1. The summed E-state index contributed by atoms with van der Waals surface area (Å²) < 4.78 is 11.0. The van der Waals surface area contributed by atoms with Crippen LogP contribution in [0.3, 0.4) is 0 Å². The van der Waals surface area contributed by atoms with Crippen LogP contribution in [0.1, 0.15) is 30.1 Å². The summed E-state index contributed by atoms with van der Waals surface area (Å²) in [6.45, 7) is 2.45. The molecule has 19 heavy (non-hydrogen) atoms. The molecule has 0 aromatic heterocycles. The maximum atomic E-state index is 11.5. The van der Waals surface area contributed by atoms with E-state index in [-0.39, 0.29) is 23.1 Å². The number of rotatable bonds is 5. The van der Waals surface area contributed by atoms with Crippen molar-refractivity contribution in [2.75, 3.05) is 13.2 Å². The van der Waals surface area contributed by atoms with Crippen LogP contribution in [-0.2, 0) is 4.74 Å². The molecule has 0 N–H and O–H groups in total. The lowest BCUT2D eigenvalue weighted by atomic mass is 10.1. The van der Waals surface area contributed by atoms with Crippen molar-refractivity contribution in [3.8, 4) is 5.75 Å². The van der Waals surface area contributed by atoms with Crippen LogP contribution in [0.4, 0.5) is 5.69 Å². The van der Waals surface area contributed by atoms with Crippen LogP contribution in [0.25, 0.3) is 0 Å². The van der Waals surface area contributed by atoms with Crippen LogP contribution in [0.2, 0.25) is 0 Å². The summed E-state index contributed by atoms with van der Waals surface area (Å²) in [4.78, 5) is 21.7.